The SMILES string of the molecule is Cn1c(C(=O)NCC2(C)OCCc3sccc32)cccc1=O. The Labute approximate surface area is 132 Å². The third-order valence-corrected chi connectivity index (χ3v) is 5.05. The number of nitrogens with zero attached hydrogens (tertiary/aromatic N) is 1. The minimum atomic E-state index is -0.517. The Kier molecular flexibility index (Phi) is 3.88. The lowest BCUT2D eigenvalue weighted by molar-refractivity contribution is -0.0426. The molecule has 3 rings (SSSR count). The lowest BCUT2D eigenvalue weighted by atomic mass is 9.93. The van der Waals surface area contributed by atoms with Crippen molar-refractivity contribution in [2.24, 2.45) is 7.05 Å². The van der Waals surface area contributed by atoms with Gasteiger partial charge in [-0.3, -0.25) is 9.59 Å². The van der Waals surface area contributed by atoms with E-state index in [1.165, 1.54) is 15.5 Å². The van der Waals surface area contributed by atoms with Gasteiger partial charge in [-0.15, -0.1) is 11.3 Å². The van der Waals surface area contributed by atoms with Crippen LogP contribution in [0.1, 0.15) is 27.9 Å². The monoisotopic (exact) mass is 318 g/mol. The lowest BCUT2D eigenvalue weighted by Gasteiger charge is -2.34. The van der Waals surface area contributed by atoms with E-state index in [1.807, 2.05) is 6.92 Å². The zero-order valence-electron chi connectivity index (χ0n) is 12.6. The number of hydrogen-bond acceptors (Lipinski definition) is 4. The van der Waals surface area contributed by atoms with E-state index in [2.05, 4.69) is 16.8 Å². The maximum absolute atomic E-state index is 12.3. The number of carbonyl (C=O) groups excluding carboxylic acids is 1. The standard InChI is InChI=1S/C16H18N2O3S/c1-16(11-7-9-22-13(11)6-8-21-16)10-17-15(20)12-4-3-5-14(19)18(12)2/h3-5,7,9H,6,8,10H2,1-2H3,(H,17,20). The first-order valence-corrected chi connectivity index (χ1v) is 8.04. The second-order valence-electron chi connectivity index (χ2n) is 5.58. The van der Waals surface area contributed by atoms with Gasteiger partial charge in [0.05, 0.1) is 13.2 Å². The van der Waals surface area contributed by atoms with E-state index in [4.69, 9.17) is 4.74 Å². The highest BCUT2D eigenvalue weighted by Crippen LogP contribution is 2.35. The van der Waals surface area contributed by atoms with Crippen LogP contribution in [0.3, 0.4) is 0 Å². The summed E-state index contributed by atoms with van der Waals surface area (Å²) in [6.07, 6.45) is 0.920. The Morgan fingerprint density at radius 3 is 3.09 bits per heavy atom. The summed E-state index contributed by atoms with van der Waals surface area (Å²) >= 11 is 1.72. The predicted molar refractivity (Wildman–Crippen MR) is 85.3 cm³/mol. The topological polar surface area (TPSA) is 60.3 Å². The number of thiophene rings is 1. The molecular formula is C16H18N2O3S. The first-order chi connectivity index (χ1) is 10.5. The summed E-state index contributed by atoms with van der Waals surface area (Å²) in [5.74, 6) is -0.271. The Morgan fingerprint density at radius 2 is 2.27 bits per heavy atom. The van der Waals surface area contributed by atoms with Crippen LogP contribution >= 0.6 is 11.3 Å². The quantitative estimate of drug-likeness (QED) is 0.936. The van der Waals surface area contributed by atoms with Crippen LogP contribution in [0.4, 0.5) is 0 Å². The second-order valence-corrected chi connectivity index (χ2v) is 6.58. The van der Waals surface area contributed by atoms with Crippen molar-refractivity contribution in [1.82, 2.24) is 9.88 Å². The molecule has 0 saturated carbocycles. The molecule has 1 N–H and O–H groups in total. The van der Waals surface area contributed by atoms with Crippen LogP contribution in [0.5, 0.6) is 0 Å². The van der Waals surface area contributed by atoms with E-state index in [0.717, 1.165) is 12.0 Å². The molecule has 6 heteroatoms. The van der Waals surface area contributed by atoms with E-state index in [0.29, 0.717) is 18.8 Å². The van der Waals surface area contributed by atoms with Gasteiger partial charge in [0.1, 0.15) is 11.3 Å². The molecule has 1 unspecified atom stereocenters. The minimum Gasteiger partial charge on any atom is -0.368 e. The highest BCUT2D eigenvalue weighted by atomic mass is 32.1. The molecule has 2 aromatic rings. The van der Waals surface area contributed by atoms with Crippen molar-refractivity contribution >= 4 is 17.2 Å². The molecule has 1 atom stereocenters. The van der Waals surface area contributed by atoms with Crippen molar-refractivity contribution in [2.45, 2.75) is 18.9 Å². The summed E-state index contributed by atoms with van der Waals surface area (Å²) in [7, 11) is 1.59. The average Bonchev–Trinajstić information content (AvgIpc) is 2.98. The van der Waals surface area contributed by atoms with Crippen LogP contribution in [0, 0.1) is 0 Å². The van der Waals surface area contributed by atoms with Crippen molar-refractivity contribution in [1.29, 1.82) is 0 Å². The van der Waals surface area contributed by atoms with Gasteiger partial charge in [0.25, 0.3) is 11.5 Å². The van der Waals surface area contributed by atoms with Gasteiger partial charge in [-0.2, -0.15) is 0 Å². The number of pyridine rings is 1. The second kappa shape index (κ2) is 5.70. The van der Waals surface area contributed by atoms with Crippen LogP contribution < -0.4 is 10.9 Å². The largest absolute Gasteiger partial charge is 0.368 e. The van der Waals surface area contributed by atoms with Crippen molar-refractivity contribution in [3.63, 3.8) is 0 Å². The first kappa shape index (κ1) is 15.0. The number of amides is 1. The van der Waals surface area contributed by atoms with E-state index >= 15 is 0 Å². The molecule has 22 heavy (non-hydrogen) atoms. The molecule has 5 nitrogen and oxygen atoms in total. The van der Waals surface area contributed by atoms with Crippen molar-refractivity contribution in [3.05, 3.63) is 56.1 Å². The Hall–Kier alpha value is -1.92. The summed E-state index contributed by atoms with van der Waals surface area (Å²) < 4.78 is 7.26. The normalized spacial score (nSPS) is 20.5. The van der Waals surface area contributed by atoms with Crippen LogP contribution in [0.15, 0.2) is 34.4 Å². The van der Waals surface area contributed by atoms with Gasteiger partial charge in [-0.25, -0.2) is 0 Å². The molecule has 1 aliphatic heterocycles. The zero-order chi connectivity index (χ0) is 15.7. The van der Waals surface area contributed by atoms with Gasteiger partial charge < -0.3 is 14.6 Å². The summed E-state index contributed by atoms with van der Waals surface area (Å²) in [6.45, 7) is 3.02. The number of nitrogens with one attached hydrogen (secondary N) is 1. The minimum absolute atomic E-state index is 0.201. The molecule has 0 saturated heterocycles. The molecule has 3 heterocycles. The number of rotatable bonds is 3. The lowest BCUT2D eigenvalue weighted by Crippen LogP contribution is -2.44. The van der Waals surface area contributed by atoms with Gasteiger partial charge in [-0.05, 0) is 30.0 Å². The fraction of sp³-hybridized carbons (Fsp3) is 0.375. The summed E-state index contributed by atoms with van der Waals surface area (Å²) in [4.78, 5) is 25.2. The molecule has 116 valence electrons. The Morgan fingerprint density at radius 1 is 1.45 bits per heavy atom. The van der Waals surface area contributed by atoms with Crippen molar-refractivity contribution in [3.8, 4) is 0 Å². The van der Waals surface area contributed by atoms with Gasteiger partial charge >= 0.3 is 0 Å². The number of aromatic nitrogens is 1. The van der Waals surface area contributed by atoms with Gasteiger partial charge in [0.2, 0.25) is 0 Å². The third kappa shape index (κ3) is 2.60. The third-order valence-electron chi connectivity index (χ3n) is 4.07. The zero-order valence-corrected chi connectivity index (χ0v) is 13.4. The molecular weight excluding hydrogens is 300 g/mol. The predicted octanol–water partition coefficient (Wildman–Crippen LogP) is 1.66. The molecule has 0 aromatic carbocycles. The van der Waals surface area contributed by atoms with Crippen LogP contribution in [0.25, 0.3) is 0 Å². The van der Waals surface area contributed by atoms with Crippen molar-refractivity contribution in [2.75, 3.05) is 13.2 Å². The van der Waals surface area contributed by atoms with Crippen LogP contribution in [0.2, 0.25) is 0 Å². The molecule has 0 fully saturated rings. The highest BCUT2D eigenvalue weighted by molar-refractivity contribution is 7.10. The van der Waals surface area contributed by atoms with E-state index in [1.54, 1.807) is 30.5 Å². The number of fused-ring (bicyclic) bond motifs is 1. The first-order valence-electron chi connectivity index (χ1n) is 7.16. The summed E-state index contributed by atoms with van der Waals surface area (Å²) in [5.41, 5.74) is 0.771. The number of carbonyl (C=O) groups is 1. The maximum Gasteiger partial charge on any atom is 0.268 e. The molecule has 1 aliphatic rings. The maximum atomic E-state index is 12.3. The smallest absolute Gasteiger partial charge is 0.268 e. The van der Waals surface area contributed by atoms with E-state index in [-0.39, 0.29) is 11.5 Å². The molecule has 0 aliphatic carbocycles. The Bertz CT molecular complexity index is 765. The molecule has 0 spiro atoms. The average molecular weight is 318 g/mol. The van der Waals surface area contributed by atoms with Gasteiger partial charge in [0, 0.05) is 24.4 Å². The number of hydrogen-bond donors (Lipinski definition) is 1. The molecule has 1 amide bonds. The fourth-order valence-corrected chi connectivity index (χ4v) is 3.71. The molecule has 2 aromatic heterocycles. The van der Waals surface area contributed by atoms with Crippen LogP contribution in [-0.2, 0) is 23.8 Å². The summed E-state index contributed by atoms with van der Waals surface area (Å²) in [6, 6.07) is 6.72. The summed E-state index contributed by atoms with van der Waals surface area (Å²) in [5, 5.41) is 4.94. The molecule has 0 radical (unpaired) electrons. The Balaban J connectivity index is 1.77. The number of ether oxygens (including phenoxy) is 1. The van der Waals surface area contributed by atoms with Crippen molar-refractivity contribution < 1.29 is 9.53 Å². The van der Waals surface area contributed by atoms with E-state index in [9.17, 15) is 9.59 Å². The van der Waals surface area contributed by atoms with Crippen LogP contribution in [-0.4, -0.2) is 23.6 Å². The molecule has 0 bridgehead atoms. The van der Waals surface area contributed by atoms with Gasteiger partial charge in [-0.1, -0.05) is 6.07 Å². The van der Waals surface area contributed by atoms with E-state index < -0.39 is 5.60 Å². The highest BCUT2D eigenvalue weighted by Gasteiger charge is 2.34. The van der Waals surface area contributed by atoms with Gasteiger partial charge in [0.15, 0.2) is 0 Å². The fourth-order valence-electron chi connectivity index (χ4n) is 2.73.